The Morgan fingerprint density at radius 1 is 1.15 bits per heavy atom. The smallest absolute Gasteiger partial charge is 0.311 e. The summed E-state index contributed by atoms with van der Waals surface area (Å²) in [7, 11) is -2.57. The van der Waals surface area contributed by atoms with E-state index in [2.05, 4.69) is 9.97 Å². The fourth-order valence-corrected chi connectivity index (χ4v) is 2.36. The van der Waals surface area contributed by atoms with Crippen LogP contribution in [0.3, 0.4) is 0 Å². The fraction of sp³-hybridized carbons (Fsp3) is 0.0588. The third kappa shape index (κ3) is 4.91. The molecule has 0 amide bonds. The Hall–Kier alpha value is -3.17. The molecule has 3 aromatic rings. The molecule has 0 aliphatic heterocycles. The van der Waals surface area contributed by atoms with E-state index < -0.39 is 10.1 Å². The third-order valence-electron chi connectivity index (χ3n) is 3.24. The number of carbonyl (C=O) groups is 1. The first kappa shape index (κ1) is 19.2. The molecule has 0 saturated heterocycles. The van der Waals surface area contributed by atoms with Crippen molar-refractivity contribution in [2.45, 2.75) is 5.03 Å². The predicted molar refractivity (Wildman–Crippen MR) is 92.9 cm³/mol. The molecule has 136 valence electrons. The Kier molecular flexibility index (Phi) is 6.10. The predicted octanol–water partition coefficient (Wildman–Crippen LogP) is 2.29. The molecule has 8 nitrogen and oxygen atoms in total. The van der Waals surface area contributed by atoms with Gasteiger partial charge in [0.25, 0.3) is 0 Å². The minimum Gasteiger partial charge on any atom is -0.507 e. The van der Waals surface area contributed by atoms with E-state index in [1.165, 1.54) is 19.5 Å². The van der Waals surface area contributed by atoms with Crippen molar-refractivity contribution in [2.24, 2.45) is 0 Å². The van der Waals surface area contributed by atoms with E-state index in [1.54, 1.807) is 36.4 Å². The second kappa shape index (κ2) is 8.28. The van der Waals surface area contributed by atoms with Crippen LogP contribution in [0.1, 0.15) is 15.9 Å². The highest BCUT2D eigenvalue weighted by atomic mass is 32.2. The van der Waals surface area contributed by atoms with Crippen LogP contribution in [0.15, 0.2) is 66.1 Å². The maximum Gasteiger partial charge on any atom is 0.311 e. The number of carbonyl (C=O) groups excluding carboxylic acids is 1. The van der Waals surface area contributed by atoms with E-state index in [0.29, 0.717) is 11.3 Å². The number of phenolic OH excluding ortho intramolecular Hbond substituents is 1. The standard InChI is InChI=1S/C14H12O3.C3H4N2O3S/c1-17-11-7-8-12(13(15)9-11)14(16)10-5-3-2-4-6-10;6-9(7,8)3-1-4-2-5-3/h2-9,15H,1H3;1-2H,(H,4,5)(H,6,7,8). The van der Waals surface area contributed by atoms with E-state index in [-0.39, 0.29) is 22.1 Å². The van der Waals surface area contributed by atoms with Gasteiger partial charge in [0.15, 0.2) is 10.8 Å². The van der Waals surface area contributed by atoms with Gasteiger partial charge in [0, 0.05) is 11.6 Å². The number of nitrogens with one attached hydrogen (secondary N) is 1. The molecule has 0 radical (unpaired) electrons. The van der Waals surface area contributed by atoms with E-state index in [9.17, 15) is 18.3 Å². The van der Waals surface area contributed by atoms with Crippen LogP contribution >= 0.6 is 0 Å². The number of imidazole rings is 1. The van der Waals surface area contributed by atoms with E-state index in [0.717, 1.165) is 6.20 Å². The molecular formula is C17H16N2O6S. The monoisotopic (exact) mass is 376 g/mol. The molecule has 2 aromatic carbocycles. The highest BCUT2D eigenvalue weighted by Crippen LogP contribution is 2.25. The summed E-state index contributed by atoms with van der Waals surface area (Å²) in [6, 6.07) is 13.5. The Labute approximate surface area is 149 Å². The zero-order chi connectivity index (χ0) is 19.2. The van der Waals surface area contributed by atoms with Crippen LogP contribution in [0, 0.1) is 0 Å². The van der Waals surface area contributed by atoms with Gasteiger partial charge in [0.1, 0.15) is 11.5 Å². The SMILES string of the molecule is COc1ccc(C(=O)c2ccccc2)c(O)c1.O=S(=O)(O)c1cnc[nH]1. The molecule has 0 fully saturated rings. The van der Waals surface area contributed by atoms with Gasteiger partial charge in [-0.1, -0.05) is 30.3 Å². The van der Waals surface area contributed by atoms with Crippen LogP contribution in [0.5, 0.6) is 11.5 Å². The number of aromatic hydroxyl groups is 1. The Morgan fingerprint density at radius 2 is 1.85 bits per heavy atom. The number of hydrogen-bond acceptors (Lipinski definition) is 6. The normalized spacial score (nSPS) is 10.5. The van der Waals surface area contributed by atoms with Gasteiger partial charge in [0.05, 0.1) is 25.2 Å². The second-order valence-corrected chi connectivity index (χ2v) is 6.36. The fourth-order valence-electron chi connectivity index (χ4n) is 1.96. The van der Waals surface area contributed by atoms with Crippen molar-refractivity contribution in [2.75, 3.05) is 7.11 Å². The number of rotatable bonds is 4. The van der Waals surface area contributed by atoms with Crippen LogP contribution in [-0.4, -0.2) is 40.9 Å². The lowest BCUT2D eigenvalue weighted by Crippen LogP contribution is -2.01. The summed E-state index contributed by atoms with van der Waals surface area (Å²) in [5.41, 5.74) is 0.824. The highest BCUT2D eigenvalue weighted by molar-refractivity contribution is 7.85. The summed E-state index contributed by atoms with van der Waals surface area (Å²) in [4.78, 5) is 17.7. The number of benzene rings is 2. The maximum absolute atomic E-state index is 12.1. The van der Waals surface area contributed by atoms with Crippen LogP contribution in [0.25, 0.3) is 0 Å². The lowest BCUT2D eigenvalue weighted by atomic mass is 10.0. The van der Waals surface area contributed by atoms with Gasteiger partial charge in [-0.2, -0.15) is 8.42 Å². The molecule has 26 heavy (non-hydrogen) atoms. The molecule has 1 heterocycles. The van der Waals surface area contributed by atoms with E-state index >= 15 is 0 Å². The number of ether oxygens (including phenoxy) is 1. The first-order valence-corrected chi connectivity index (χ1v) is 8.69. The highest BCUT2D eigenvalue weighted by Gasteiger charge is 2.13. The first-order valence-electron chi connectivity index (χ1n) is 7.25. The van der Waals surface area contributed by atoms with Crippen LogP contribution < -0.4 is 4.74 Å². The minimum absolute atomic E-state index is 0.0711. The summed E-state index contributed by atoms with van der Waals surface area (Å²) < 4.78 is 33.6. The molecule has 0 aliphatic rings. The van der Waals surface area contributed by atoms with Crippen molar-refractivity contribution in [3.8, 4) is 11.5 Å². The van der Waals surface area contributed by atoms with Crippen LogP contribution in [0.2, 0.25) is 0 Å². The molecule has 9 heteroatoms. The molecule has 3 N–H and O–H groups in total. The van der Waals surface area contributed by atoms with Gasteiger partial charge < -0.3 is 14.8 Å². The van der Waals surface area contributed by atoms with Gasteiger partial charge >= 0.3 is 10.1 Å². The molecule has 0 unspecified atom stereocenters. The van der Waals surface area contributed by atoms with E-state index in [4.69, 9.17) is 9.29 Å². The number of H-pyrrole nitrogens is 1. The molecule has 3 rings (SSSR count). The number of ketones is 1. The van der Waals surface area contributed by atoms with Crippen molar-refractivity contribution in [1.82, 2.24) is 9.97 Å². The molecule has 1 aromatic heterocycles. The van der Waals surface area contributed by atoms with Crippen molar-refractivity contribution in [3.05, 3.63) is 72.2 Å². The molecule has 0 spiro atoms. The second-order valence-electron chi connectivity index (χ2n) is 4.97. The largest absolute Gasteiger partial charge is 0.507 e. The molecule has 0 atom stereocenters. The number of hydrogen-bond donors (Lipinski definition) is 3. The van der Waals surface area contributed by atoms with Gasteiger partial charge in [-0.3, -0.25) is 9.35 Å². The third-order valence-corrected chi connectivity index (χ3v) is 4.02. The first-order chi connectivity index (χ1) is 12.3. The summed E-state index contributed by atoms with van der Waals surface area (Å²) in [5, 5.41) is 9.46. The number of aromatic nitrogens is 2. The average molecular weight is 376 g/mol. The Balaban J connectivity index is 0.000000228. The maximum atomic E-state index is 12.1. The number of phenols is 1. The van der Waals surface area contributed by atoms with E-state index in [1.807, 2.05) is 6.07 Å². The van der Waals surface area contributed by atoms with Crippen molar-refractivity contribution in [3.63, 3.8) is 0 Å². The molecule has 0 bridgehead atoms. The van der Waals surface area contributed by atoms with Crippen molar-refractivity contribution < 1.29 is 27.6 Å². The topological polar surface area (TPSA) is 130 Å². The summed E-state index contributed by atoms with van der Waals surface area (Å²) in [6.45, 7) is 0. The van der Waals surface area contributed by atoms with Gasteiger partial charge in [-0.05, 0) is 12.1 Å². The Bertz CT molecular complexity index is 970. The zero-order valence-electron chi connectivity index (χ0n) is 13.7. The van der Waals surface area contributed by atoms with Crippen LogP contribution in [0.4, 0.5) is 0 Å². The van der Waals surface area contributed by atoms with Gasteiger partial charge in [-0.15, -0.1) is 0 Å². The van der Waals surface area contributed by atoms with Gasteiger partial charge in [0.2, 0.25) is 0 Å². The summed E-state index contributed by atoms with van der Waals surface area (Å²) in [5.74, 6) is 0.246. The van der Waals surface area contributed by atoms with Crippen LogP contribution in [-0.2, 0) is 10.1 Å². The average Bonchev–Trinajstić information content (AvgIpc) is 3.17. The summed E-state index contributed by atoms with van der Waals surface area (Å²) >= 11 is 0. The van der Waals surface area contributed by atoms with Crippen molar-refractivity contribution >= 4 is 15.9 Å². The number of nitrogens with zero attached hydrogens (tertiary/aromatic N) is 1. The Morgan fingerprint density at radius 3 is 2.31 bits per heavy atom. The number of methoxy groups -OCH3 is 1. The minimum atomic E-state index is -4.08. The lowest BCUT2D eigenvalue weighted by Gasteiger charge is -2.06. The molecular weight excluding hydrogens is 360 g/mol. The summed E-state index contributed by atoms with van der Waals surface area (Å²) in [6.07, 6.45) is 2.19. The zero-order valence-corrected chi connectivity index (χ0v) is 14.5. The van der Waals surface area contributed by atoms with Gasteiger partial charge in [-0.25, -0.2) is 4.98 Å². The van der Waals surface area contributed by atoms with Crippen molar-refractivity contribution in [1.29, 1.82) is 0 Å². The quantitative estimate of drug-likeness (QED) is 0.470. The molecule has 0 saturated carbocycles. The molecule has 0 aliphatic carbocycles. The number of aromatic amines is 1. The lowest BCUT2D eigenvalue weighted by molar-refractivity contribution is 0.103.